The van der Waals surface area contributed by atoms with Gasteiger partial charge >= 0.3 is 0 Å². The van der Waals surface area contributed by atoms with E-state index in [0.29, 0.717) is 10.0 Å². The van der Waals surface area contributed by atoms with E-state index < -0.39 is 0 Å². The van der Waals surface area contributed by atoms with Gasteiger partial charge in [0, 0.05) is 53.9 Å². The van der Waals surface area contributed by atoms with Crippen LogP contribution in [0.5, 0.6) is 0 Å². The molecule has 1 heterocycles. The molecule has 0 spiro atoms. The average Bonchev–Trinajstić information content (AvgIpc) is 3.36. The minimum absolute atomic E-state index is 0.710. The fraction of sp³-hybridized carbons (Fsp3) is 0.368. The van der Waals surface area contributed by atoms with Crippen molar-refractivity contribution in [3.8, 4) is 0 Å². The van der Waals surface area contributed by atoms with Crippen LogP contribution in [0.1, 0.15) is 17.9 Å². The molecule has 2 nitrogen and oxygen atoms in total. The SMILES string of the molecule is Clc1cc(Cl)cc(N2CCN([C@H]3C[C@@H]3c3ccccc3)CC2)c1. The van der Waals surface area contributed by atoms with Gasteiger partial charge in [0.05, 0.1) is 0 Å². The van der Waals surface area contributed by atoms with Crippen LogP contribution in [-0.4, -0.2) is 37.1 Å². The zero-order valence-corrected chi connectivity index (χ0v) is 14.5. The van der Waals surface area contributed by atoms with Gasteiger partial charge in [-0.1, -0.05) is 53.5 Å². The van der Waals surface area contributed by atoms with Crippen LogP contribution in [-0.2, 0) is 0 Å². The summed E-state index contributed by atoms with van der Waals surface area (Å²) >= 11 is 12.2. The van der Waals surface area contributed by atoms with Gasteiger partial charge in [-0.15, -0.1) is 0 Å². The van der Waals surface area contributed by atoms with Gasteiger partial charge in [-0.05, 0) is 30.2 Å². The van der Waals surface area contributed by atoms with Gasteiger partial charge in [-0.25, -0.2) is 0 Å². The predicted molar refractivity (Wildman–Crippen MR) is 97.8 cm³/mol. The molecular formula is C19H20Cl2N2. The highest BCUT2D eigenvalue weighted by Crippen LogP contribution is 2.45. The maximum Gasteiger partial charge on any atom is 0.0441 e. The van der Waals surface area contributed by atoms with E-state index in [9.17, 15) is 0 Å². The number of hydrogen-bond acceptors (Lipinski definition) is 2. The molecule has 0 unspecified atom stereocenters. The van der Waals surface area contributed by atoms with Crippen molar-refractivity contribution in [1.29, 1.82) is 0 Å². The molecule has 120 valence electrons. The number of hydrogen-bond donors (Lipinski definition) is 0. The lowest BCUT2D eigenvalue weighted by Crippen LogP contribution is -2.47. The van der Waals surface area contributed by atoms with Gasteiger partial charge in [0.15, 0.2) is 0 Å². The van der Waals surface area contributed by atoms with Crippen LogP contribution in [0.25, 0.3) is 0 Å². The predicted octanol–water partition coefficient (Wildman–Crippen LogP) is 4.67. The van der Waals surface area contributed by atoms with E-state index in [0.717, 1.165) is 43.8 Å². The van der Waals surface area contributed by atoms with Gasteiger partial charge in [0.2, 0.25) is 0 Å². The smallest absolute Gasteiger partial charge is 0.0441 e. The van der Waals surface area contributed by atoms with Crippen LogP contribution >= 0.6 is 23.2 Å². The number of piperazine rings is 1. The lowest BCUT2D eigenvalue weighted by atomic mass is 10.1. The zero-order valence-electron chi connectivity index (χ0n) is 13.0. The van der Waals surface area contributed by atoms with Crippen molar-refractivity contribution in [1.82, 2.24) is 4.90 Å². The molecule has 2 aliphatic rings. The van der Waals surface area contributed by atoms with Crippen LogP contribution < -0.4 is 4.90 Å². The van der Waals surface area contributed by atoms with Crippen molar-refractivity contribution in [2.45, 2.75) is 18.4 Å². The molecule has 1 saturated carbocycles. The molecule has 1 aliphatic heterocycles. The lowest BCUT2D eigenvalue weighted by molar-refractivity contribution is 0.244. The van der Waals surface area contributed by atoms with Crippen LogP contribution in [0.2, 0.25) is 10.0 Å². The molecule has 4 rings (SSSR count). The third-order valence-corrected chi connectivity index (χ3v) is 5.42. The summed E-state index contributed by atoms with van der Waals surface area (Å²) < 4.78 is 0. The molecule has 0 radical (unpaired) electrons. The fourth-order valence-electron chi connectivity index (χ4n) is 3.68. The monoisotopic (exact) mass is 346 g/mol. The van der Waals surface area contributed by atoms with Crippen LogP contribution in [0.3, 0.4) is 0 Å². The Morgan fingerprint density at radius 1 is 0.826 bits per heavy atom. The van der Waals surface area contributed by atoms with Crippen LogP contribution in [0.4, 0.5) is 5.69 Å². The van der Waals surface area contributed by atoms with E-state index >= 15 is 0 Å². The summed E-state index contributed by atoms with van der Waals surface area (Å²) in [5.74, 6) is 0.725. The highest BCUT2D eigenvalue weighted by Gasteiger charge is 2.43. The Hall–Kier alpha value is -1.22. The summed E-state index contributed by atoms with van der Waals surface area (Å²) in [5, 5.41) is 1.42. The molecular weight excluding hydrogens is 327 g/mol. The van der Waals surface area contributed by atoms with Crippen molar-refractivity contribution in [3.05, 3.63) is 64.1 Å². The van der Waals surface area contributed by atoms with E-state index in [1.165, 1.54) is 12.0 Å². The third kappa shape index (κ3) is 3.35. The Labute approximate surface area is 147 Å². The number of nitrogens with zero attached hydrogens (tertiary/aromatic N) is 2. The quantitative estimate of drug-likeness (QED) is 0.796. The molecule has 0 bridgehead atoms. The van der Waals surface area contributed by atoms with Gasteiger partial charge in [0.1, 0.15) is 0 Å². The Morgan fingerprint density at radius 2 is 1.48 bits per heavy atom. The molecule has 1 saturated heterocycles. The molecule has 23 heavy (non-hydrogen) atoms. The Morgan fingerprint density at radius 3 is 2.13 bits per heavy atom. The van der Waals surface area contributed by atoms with Gasteiger partial charge in [0.25, 0.3) is 0 Å². The van der Waals surface area contributed by atoms with Crippen LogP contribution in [0.15, 0.2) is 48.5 Å². The second kappa shape index (κ2) is 6.35. The minimum atomic E-state index is 0.710. The zero-order chi connectivity index (χ0) is 15.8. The normalized spacial score (nSPS) is 24.7. The third-order valence-electron chi connectivity index (χ3n) is 4.98. The fourth-order valence-corrected chi connectivity index (χ4v) is 4.19. The summed E-state index contributed by atoms with van der Waals surface area (Å²) in [4.78, 5) is 5.02. The highest BCUT2D eigenvalue weighted by molar-refractivity contribution is 6.35. The van der Waals surface area contributed by atoms with Gasteiger partial charge in [-0.2, -0.15) is 0 Å². The van der Waals surface area contributed by atoms with E-state index in [2.05, 4.69) is 40.1 Å². The summed E-state index contributed by atoms with van der Waals surface area (Å²) in [6, 6.07) is 17.4. The summed E-state index contributed by atoms with van der Waals surface area (Å²) in [6.07, 6.45) is 1.30. The largest absolute Gasteiger partial charge is 0.369 e. The van der Waals surface area contributed by atoms with E-state index in [1.807, 2.05) is 12.1 Å². The summed E-state index contributed by atoms with van der Waals surface area (Å²) in [7, 11) is 0. The molecule has 4 heteroatoms. The second-order valence-corrected chi connectivity index (χ2v) is 7.34. The lowest BCUT2D eigenvalue weighted by Gasteiger charge is -2.36. The first-order chi connectivity index (χ1) is 11.2. The first-order valence-corrected chi connectivity index (χ1v) is 8.96. The molecule has 2 fully saturated rings. The number of benzene rings is 2. The Balaban J connectivity index is 1.37. The van der Waals surface area contributed by atoms with Crippen molar-refractivity contribution in [3.63, 3.8) is 0 Å². The van der Waals surface area contributed by atoms with Crippen molar-refractivity contribution < 1.29 is 0 Å². The van der Waals surface area contributed by atoms with Crippen molar-refractivity contribution in [2.75, 3.05) is 31.1 Å². The minimum Gasteiger partial charge on any atom is -0.369 e. The van der Waals surface area contributed by atoms with Gasteiger partial charge in [-0.3, -0.25) is 4.90 Å². The number of anilines is 1. The molecule has 0 N–H and O–H groups in total. The topological polar surface area (TPSA) is 6.48 Å². The molecule has 2 aromatic rings. The van der Waals surface area contributed by atoms with Crippen molar-refractivity contribution >= 4 is 28.9 Å². The highest BCUT2D eigenvalue weighted by atomic mass is 35.5. The first kappa shape index (κ1) is 15.3. The second-order valence-electron chi connectivity index (χ2n) is 6.47. The number of halogens is 2. The Bertz CT molecular complexity index is 661. The molecule has 0 amide bonds. The molecule has 1 aliphatic carbocycles. The summed E-state index contributed by atoms with van der Waals surface area (Å²) in [5.41, 5.74) is 2.62. The van der Waals surface area contributed by atoms with E-state index in [1.54, 1.807) is 6.07 Å². The maximum atomic E-state index is 6.12. The van der Waals surface area contributed by atoms with E-state index in [4.69, 9.17) is 23.2 Å². The van der Waals surface area contributed by atoms with Crippen LogP contribution in [0, 0.1) is 0 Å². The Kier molecular flexibility index (Phi) is 4.23. The first-order valence-electron chi connectivity index (χ1n) is 8.21. The number of rotatable bonds is 3. The van der Waals surface area contributed by atoms with Gasteiger partial charge < -0.3 is 4.90 Å². The van der Waals surface area contributed by atoms with E-state index in [-0.39, 0.29) is 0 Å². The molecule has 2 atom stereocenters. The molecule has 2 aromatic carbocycles. The molecule has 0 aromatic heterocycles. The maximum absolute atomic E-state index is 6.12. The average molecular weight is 347 g/mol. The summed E-state index contributed by atoms with van der Waals surface area (Å²) in [6.45, 7) is 4.29. The standard InChI is InChI=1S/C19H20Cl2N2/c20-15-10-16(21)12-17(11-15)22-6-8-23(9-7-22)19-13-18(19)14-4-2-1-3-5-14/h1-5,10-12,18-19H,6-9,13H2/t18-,19+/m1/s1. The van der Waals surface area contributed by atoms with Crippen molar-refractivity contribution in [2.24, 2.45) is 0 Å².